The molecular formula is C12H7Cl3N6O. The highest BCUT2D eigenvalue weighted by molar-refractivity contribution is 6.37. The number of fused-ring (bicyclic) bond motifs is 1. The predicted octanol–water partition coefficient (Wildman–Crippen LogP) is 1.95. The van der Waals surface area contributed by atoms with E-state index in [0.717, 1.165) is 4.57 Å². The fourth-order valence-corrected chi connectivity index (χ4v) is 2.69. The molecule has 10 heteroatoms. The monoisotopic (exact) mass is 356 g/mol. The highest BCUT2D eigenvalue weighted by Gasteiger charge is 2.17. The molecule has 112 valence electrons. The Hall–Kier alpha value is -1.96. The number of hydrogen-bond donors (Lipinski definition) is 1. The Morgan fingerprint density at radius 1 is 1.23 bits per heavy atom. The molecule has 0 saturated carbocycles. The Bertz CT molecular complexity index is 1010. The molecule has 3 heterocycles. The van der Waals surface area contributed by atoms with Crippen molar-refractivity contribution in [2.24, 2.45) is 7.05 Å². The number of aryl methyl sites for hydroxylation is 1. The lowest BCUT2D eigenvalue weighted by atomic mass is 10.3. The first kappa shape index (κ1) is 15.0. The molecule has 0 aromatic carbocycles. The first-order valence-electron chi connectivity index (χ1n) is 5.91. The van der Waals surface area contributed by atoms with Crippen LogP contribution in [0.25, 0.3) is 16.7 Å². The molecule has 0 aliphatic carbocycles. The molecule has 22 heavy (non-hydrogen) atoms. The van der Waals surface area contributed by atoms with Gasteiger partial charge in [0.2, 0.25) is 5.28 Å². The van der Waals surface area contributed by atoms with E-state index in [0.29, 0.717) is 5.39 Å². The van der Waals surface area contributed by atoms with Crippen molar-refractivity contribution >= 4 is 45.8 Å². The summed E-state index contributed by atoms with van der Waals surface area (Å²) in [7, 11) is 1.50. The van der Waals surface area contributed by atoms with Crippen molar-refractivity contribution in [1.29, 1.82) is 5.41 Å². The number of nitrogens with one attached hydrogen (secondary N) is 1. The summed E-state index contributed by atoms with van der Waals surface area (Å²) < 4.78 is 2.29. The van der Waals surface area contributed by atoms with E-state index in [1.807, 2.05) is 0 Å². The third-order valence-electron chi connectivity index (χ3n) is 3.07. The Labute approximate surface area is 138 Å². The van der Waals surface area contributed by atoms with E-state index in [4.69, 9.17) is 40.2 Å². The Morgan fingerprint density at radius 3 is 2.64 bits per heavy atom. The highest BCUT2D eigenvalue weighted by Crippen LogP contribution is 2.24. The van der Waals surface area contributed by atoms with Gasteiger partial charge in [0, 0.05) is 19.4 Å². The highest BCUT2D eigenvalue weighted by atomic mass is 35.5. The summed E-state index contributed by atoms with van der Waals surface area (Å²) in [6, 6.07) is 1.48. The van der Waals surface area contributed by atoms with Gasteiger partial charge in [-0.3, -0.25) is 9.98 Å². The van der Waals surface area contributed by atoms with Gasteiger partial charge in [0.05, 0.1) is 10.4 Å². The Balaban J connectivity index is 2.55. The van der Waals surface area contributed by atoms with Crippen molar-refractivity contribution in [3.05, 3.63) is 49.9 Å². The van der Waals surface area contributed by atoms with Crippen LogP contribution in [0.15, 0.2) is 23.3 Å². The number of nitrogens with zero attached hydrogens (tertiary/aromatic N) is 5. The molecule has 0 saturated heterocycles. The van der Waals surface area contributed by atoms with E-state index in [-0.39, 0.29) is 32.3 Å². The molecule has 0 unspecified atom stereocenters. The van der Waals surface area contributed by atoms with Crippen LogP contribution >= 0.6 is 34.8 Å². The second-order valence-corrected chi connectivity index (χ2v) is 5.44. The summed E-state index contributed by atoms with van der Waals surface area (Å²) in [6.07, 6.45) is 2.77. The summed E-state index contributed by atoms with van der Waals surface area (Å²) in [6.45, 7) is 0. The molecule has 0 amide bonds. The average Bonchev–Trinajstić information content (AvgIpc) is 2.48. The summed E-state index contributed by atoms with van der Waals surface area (Å²) in [4.78, 5) is 24.3. The van der Waals surface area contributed by atoms with E-state index in [9.17, 15) is 4.79 Å². The maximum Gasteiger partial charge on any atom is 0.335 e. The van der Waals surface area contributed by atoms with Crippen molar-refractivity contribution < 1.29 is 0 Å². The smallest absolute Gasteiger partial charge is 0.283 e. The van der Waals surface area contributed by atoms with Gasteiger partial charge < -0.3 is 0 Å². The molecule has 0 spiro atoms. The topological polar surface area (TPSA) is 89.5 Å². The number of pyridine rings is 1. The maximum atomic E-state index is 12.6. The van der Waals surface area contributed by atoms with Crippen LogP contribution in [0.4, 0.5) is 0 Å². The van der Waals surface area contributed by atoms with Crippen LogP contribution in [0, 0.1) is 5.41 Å². The van der Waals surface area contributed by atoms with Crippen LogP contribution < -0.4 is 11.2 Å². The van der Waals surface area contributed by atoms with Crippen LogP contribution in [0.5, 0.6) is 0 Å². The zero-order valence-corrected chi connectivity index (χ0v) is 13.3. The lowest BCUT2D eigenvalue weighted by Crippen LogP contribution is -2.38. The van der Waals surface area contributed by atoms with Gasteiger partial charge in [-0.2, -0.15) is 4.98 Å². The zero-order chi connectivity index (χ0) is 16.0. The first-order chi connectivity index (χ1) is 10.4. The summed E-state index contributed by atoms with van der Waals surface area (Å²) in [5.41, 5.74) is -0.341. The van der Waals surface area contributed by atoms with Gasteiger partial charge in [0.15, 0.2) is 10.8 Å². The van der Waals surface area contributed by atoms with Gasteiger partial charge in [0.1, 0.15) is 11.2 Å². The molecule has 0 fully saturated rings. The van der Waals surface area contributed by atoms with Crippen molar-refractivity contribution in [3.63, 3.8) is 0 Å². The van der Waals surface area contributed by atoms with Crippen molar-refractivity contribution in [2.75, 3.05) is 0 Å². The maximum absolute atomic E-state index is 12.6. The van der Waals surface area contributed by atoms with E-state index in [1.54, 1.807) is 0 Å². The summed E-state index contributed by atoms with van der Waals surface area (Å²) >= 11 is 17.9. The molecule has 0 aliphatic heterocycles. The van der Waals surface area contributed by atoms with Gasteiger partial charge >= 0.3 is 5.69 Å². The third kappa shape index (κ3) is 2.18. The van der Waals surface area contributed by atoms with Crippen molar-refractivity contribution in [1.82, 2.24) is 24.1 Å². The summed E-state index contributed by atoms with van der Waals surface area (Å²) in [5, 5.41) is 8.78. The SMILES string of the molecule is Cn1c(=O)n(-c2c(Cl)ccnc2Cl)c(=N)c2cnc(Cl)nc21. The Kier molecular flexibility index (Phi) is 3.64. The molecule has 3 rings (SSSR count). The van der Waals surface area contributed by atoms with Gasteiger partial charge in [-0.05, 0) is 17.7 Å². The van der Waals surface area contributed by atoms with E-state index in [2.05, 4.69) is 15.0 Å². The minimum Gasteiger partial charge on any atom is -0.283 e. The van der Waals surface area contributed by atoms with Crippen LogP contribution in [0.1, 0.15) is 0 Å². The van der Waals surface area contributed by atoms with Crippen molar-refractivity contribution in [3.8, 4) is 5.69 Å². The second kappa shape index (κ2) is 5.35. The van der Waals surface area contributed by atoms with E-state index >= 15 is 0 Å². The molecule has 7 nitrogen and oxygen atoms in total. The van der Waals surface area contributed by atoms with Crippen LogP contribution in [-0.4, -0.2) is 24.1 Å². The molecular weight excluding hydrogens is 351 g/mol. The molecule has 0 atom stereocenters. The molecule has 3 aromatic rings. The molecule has 0 bridgehead atoms. The lowest BCUT2D eigenvalue weighted by Gasteiger charge is -2.13. The molecule has 1 N–H and O–H groups in total. The fourth-order valence-electron chi connectivity index (χ4n) is 2.04. The molecule has 3 aromatic heterocycles. The van der Waals surface area contributed by atoms with E-state index in [1.165, 1.54) is 30.1 Å². The molecule has 0 aliphatic rings. The van der Waals surface area contributed by atoms with Crippen LogP contribution in [-0.2, 0) is 7.05 Å². The van der Waals surface area contributed by atoms with Crippen LogP contribution in [0.3, 0.4) is 0 Å². The largest absolute Gasteiger partial charge is 0.335 e. The predicted molar refractivity (Wildman–Crippen MR) is 82.8 cm³/mol. The lowest BCUT2D eigenvalue weighted by molar-refractivity contribution is 0.744. The fraction of sp³-hybridized carbons (Fsp3) is 0.0833. The quantitative estimate of drug-likeness (QED) is 0.532. The number of halogens is 3. The minimum absolute atomic E-state index is 0.0114. The Morgan fingerprint density at radius 2 is 1.95 bits per heavy atom. The van der Waals surface area contributed by atoms with E-state index < -0.39 is 5.69 Å². The number of rotatable bonds is 1. The normalized spacial score (nSPS) is 11.1. The summed E-state index contributed by atoms with van der Waals surface area (Å²) in [5.74, 6) is 0. The zero-order valence-electron chi connectivity index (χ0n) is 11.0. The number of hydrogen-bond acceptors (Lipinski definition) is 5. The van der Waals surface area contributed by atoms with Gasteiger partial charge in [-0.15, -0.1) is 0 Å². The van der Waals surface area contributed by atoms with Gasteiger partial charge in [0.25, 0.3) is 0 Å². The average molecular weight is 358 g/mol. The first-order valence-corrected chi connectivity index (χ1v) is 7.04. The third-order valence-corrected chi connectivity index (χ3v) is 3.83. The minimum atomic E-state index is -0.552. The standard InChI is InChI=1S/C12H7Cl3N6O/c1-20-10-5(4-18-11(15)19-10)9(16)21(12(20)22)7-6(13)2-3-17-8(7)14/h2-4,16H,1H3. The molecule has 0 radical (unpaired) electrons. The van der Waals surface area contributed by atoms with Gasteiger partial charge in [-0.25, -0.2) is 19.3 Å². The van der Waals surface area contributed by atoms with Crippen LogP contribution in [0.2, 0.25) is 15.5 Å². The number of aromatic nitrogens is 5. The second-order valence-electron chi connectivity index (χ2n) is 4.33. The van der Waals surface area contributed by atoms with Crippen molar-refractivity contribution in [2.45, 2.75) is 0 Å². The van der Waals surface area contributed by atoms with Gasteiger partial charge in [-0.1, -0.05) is 23.2 Å².